The third-order valence-electron chi connectivity index (χ3n) is 3.81. The molecule has 0 fully saturated rings. The standard InChI is InChI=1S/C19H16F3N3O4/c1-27-10-29-14-5-3-4-13(19(20,21)22)15(14)17-23-16(24-18(25-17)28-2)11-6-8-12(26)9-7-11/h3-9,26H,10H2,1-2H3. The predicted molar refractivity (Wildman–Crippen MR) is 96.4 cm³/mol. The smallest absolute Gasteiger partial charge is 0.417 e. The maximum absolute atomic E-state index is 13.7. The van der Waals surface area contributed by atoms with Gasteiger partial charge in [-0.2, -0.15) is 23.1 Å². The van der Waals surface area contributed by atoms with Crippen molar-refractivity contribution >= 4 is 0 Å². The van der Waals surface area contributed by atoms with Gasteiger partial charge in [0.1, 0.15) is 11.5 Å². The molecule has 3 aromatic rings. The summed E-state index contributed by atoms with van der Waals surface area (Å²) in [5, 5.41) is 9.45. The van der Waals surface area contributed by atoms with E-state index in [-0.39, 0.29) is 41.5 Å². The molecule has 0 aliphatic carbocycles. The van der Waals surface area contributed by atoms with Gasteiger partial charge in [-0.3, -0.25) is 0 Å². The molecule has 0 atom stereocenters. The van der Waals surface area contributed by atoms with Gasteiger partial charge in [0.05, 0.1) is 18.2 Å². The monoisotopic (exact) mass is 407 g/mol. The average Bonchev–Trinajstić information content (AvgIpc) is 2.71. The molecule has 1 heterocycles. The van der Waals surface area contributed by atoms with Gasteiger partial charge in [0.15, 0.2) is 18.4 Å². The van der Waals surface area contributed by atoms with Gasteiger partial charge < -0.3 is 19.3 Å². The van der Waals surface area contributed by atoms with Gasteiger partial charge in [-0.05, 0) is 36.4 Å². The molecule has 7 nitrogen and oxygen atoms in total. The second-order valence-electron chi connectivity index (χ2n) is 5.74. The summed E-state index contributed by atoms with van der Waals surface area (Å²) in [6, 6.07) is 9.16. The second-order valence-corrected chi connectivity index (χ2v) is 5.74. The quantitative estimate of drug-likeness (QED) is 0.620. The summed E-state index contributed by atoms with van der Waals surface area (Å²) in [4.78, 5) is 12.3. The van der Waals surface area contributed by atoms with Crippen molar-refractivity contribution in [2.45, 2.75) is 6.18 Å². The Kier molecular flexibility index (Phi) is 5.83. The second kappa shape index (κ2) is 8.31. The molecule has 1 aromatic heterocycles. The van der Waals surface area contributed by atoms with Gasteiger partial charge in [-0.1, -0.05) is 6.07 Å². The Balaban J connectivity index is 2.24. The molecule has 0 saturated carbocycles. The molecule has 1 N–H and O–H groups in total. The first-order valence-electron chi connectivity index (χ1n) is 8.25. The number of halogens is 3. The first-order valence-corrected chi connectivity index (χ1v) is 8.25. The molecule has 3 rings (SSSR count). The molecule has 29 heavy (non-hydrogen) atoms. The lowest BCUT2D eigenvalue weighted by Gasteiger charge is -2.17. The first-order chi connectivity index (χ1) is 13.8. The number of hydrogen-bond donors (Lipinski definition) is 1. The summed E-state index contributed by atoms with van der Waals surface area (Å²) in [5.74, 6) is -0.292. The molecule has 0 bridgehead atoms. The highest BCUT2D eigenvalue weighted by atomic mass is 19.4. The van der Waals surface area contributed by atoms with Crippen molar-refractivity contribution in [1.29, 1.82) is 0 Å². The van der Waals surface area contributed by atoms with Crippen molar-refractivity contribution in [3.63, 3.8) is 0 Å². The Hall–Kier alpha value is -3.40. The molecule has 10 heteroatoms. The van der Waals surface area contributed by atoms with Gasteiger partial charge in [0.25, 0.3) is 0 Å². The van der Waals surface area contributed by atoms with Crippen LogP contribution < -0.4 is 9.47 Å². The van der Waals surface area contributed by atoms with Crippen LogP contribution in [-0.4, -0.2) is 41.1 Å². The summed E-state index contributed by atoms with van der Waals surface area (Å²) in [5.41, 5.74) is -0.887. The number of methoxy groups -OCH3 is 2. The number of aromatic hydroxyl groups is 1. The number of aromatic nitrogens is 3. The van der Waals surface area contributed by atoms with E-state index in [9.17, 15) is 18.3 Å². The largest absolute Gasteiger partial charge is 0.508 e. The van der Waals surface area contributed by atoms with Crippen LogP contribution in [0.15, 0.2) is 42.5 Å². The van der Waals surface area contributed by atoms with E-state index in [0.29, 0.717) is 5.56 Å². The normalized spacial score (nSPS) is 11.3. The summed E-state index contributed by atoms with van der Waals surface area (Å²) in [6.07, 6.45) is -4.68. The van der Waals surface area contributed by atoms with Crippen LogP contribution in [0.4, 0.5) is 13.2 Å². The molecule has 0 aliphatic rings. The molecule has 0 unspecified atom stereocenters. The summed E-state index contributed by atoms with van der Waals surface area (Å²) in [7, 11) is 2.64. The van der Waals surface area contributed by atoms with Crippen LogP contribution in [0, 0.1) is 0 Å². The van der Waals surface area contributed by atoms with E-state index in [4.69, 9.17) is 14.2 Å². The minimum atomic E-state index is -4.68. The van der Waals surface area contributed by atoms with Crippen molar-refractivity contribution in [3.8, 4) is 40.3 Å². The lowest BCUT2D eigenvalue weighted by Crippen LogP contribution is -2.11. The Morgan fingerprint density at radius 3 is 2.24 bits per heavy atom. The van der Waals surface area contributed by atoms with Gasteiger partial charge >= 0.3 is 12.2 Å². The molecule has 0 saturated heterocycles. The zero-order valence-electron chi connectivity index (χ0n) is 15.4. The van der Waals surface area contributed by atoms with E-state index in [1.54, 1.807) is 0 Å². The minimum Gasteiger partial charge on any atom is -0.508 e. The van der Waals surface area contributed by atoms with E-state index in [1.807, 2.05) is 0 Å². The number of nitrogens with zero attached hydrogens (tertiary/aromatic N) is 3. The van der Waals surface area contributed by atoms with Gasteiger partial charge in [-0.25, -0.2) is 4.98 Å². The van der Waals surface area contributed by atoms with E-state index in [2.05, 4.69) is 15.0 Å². The predicted octanol–water partition coefficient (Wildman–Crippen LogP) is 3.92. The summed E-state index contributed by atoms with van der Waals surface area (Å²) < 4.78 is 56.2. The highest BCUT2D eigenvalue weighted by Gasteiger charge is 2.36. The van der Waals surface area contributed by atoms with Crippen LogP contribution >= 0.6 is 0 Å². The number of phenolic OH excluding ortho intramolecular Hbond substituents is 1. The molecule has 2 aromatic carbocycles. The number of alkyl halides is 3. The molecule has 0 spiro atoms. The number of benzene rings is 2. The molecule has 0 amide bonds. The highest BCUT2D eigenvalue weighted by Crippen LogP contribution is 2.41. The highest BCUT2D eigenvalue weighted by molar-refractivity contribution is 5.71. The third-order valence-corrected chi connectivity index (χ3v) is 3.81. The molecular formula is C19H16F3N3O4. The average molecular weight is 407 g/mol. The molecule has 152 valence electrons. The fraction of sp³-hybridized carbons (Fsp3) is 0.211. The van der Waals surface area contributed by atoms with E-state index in [1.165, 1.54) is 50.6 Å². The van der Waals surface area contributed by atoms with Gasteiger partial charge in [0.2, 0.25) is 0 Å². The van der Waals surface area contributed by atoms with E-state index in [0.717, 1.165) is 6.07 Å². The Morgan fingerprint density at radius 1 is 0.931 bits per heavy atom. The number of rotatable bonds is 6. The number of hydrogen-bond acceptors (Lipinski definition) is 7. The Morgan fingerprint density at radius 2 is 1.62 bits per heavy atom. The molecule has 0 radical (unpaired) electrons. The van der Waals surface area contributed by atoms with Crippen LogP contribution in [0.1, 0.15) is 5.56 Å². The summed E-state index contributed by atoms with van der Waals surface area (Å²) >= 11 is 0. The molecular weight excluding hydrogens is 391 g/mol. The Bertz CT molecular complexity index is 995. The zero-order valence-corrected chi connectivity index (χ0v) is 15.4. The van der Waals surface area contributed by atoms with Crippen LogP contribution in [-0.2, 0) is 10.9 Å². The summed E-state index contributed by atoms with van der Waals surface area (Å²) in [6.45, 7) is -0.263. The first kappa shape index (κ1) is 20.3. The molecule has 0 aliphatic heterocycles. The van der Waals surface area contributed by atoms with Gasteiger partial charge in [-0.15, -0.1) is 0 Å². The van der Waals surface area contributed by atoms with Crippen molar-refractivity contribution in [3.05, 3.63) is 48.0 Å². The number of ether oxygens (including phenoxy) is 3. The van der Waals surface area contributed by atoms with Crippen LogP contribution in [0.2, 0.25) is 0 Å². The fourth-order valence-electron chi connectivity index (χ4n) is 2.54. The fourth-order valence-corrected chi connectivity index (χ4v) is 2.54. The minimum absolute atomic E-state index is 0.0210. The van der Waals surface area contributed by atoms with Crippen molar-refractivity contribution in [2.24, 2.45) is 0 Å². The van der Waals surface area contributed by atoms with Crippen molar-refractivity contribution in [2.75, 3.05) is 21.0 Å². The maximum atomic E-state index is 13.7. The van der Waals surface area contributed by atoms with Crippen LogP contribution in [0.5, 0.6) is 17.5 Å². The van der Waals surface area contributed by atoms with E-state index >= 15 is 0 Å². The van der Waals surface area contributed by atoms with E-state index < -0.39 is 11.7 Å². The Labute approximate surface area is 163 Å². The van der Waals surface area contributed by atoms with Crippen molar-refractivity contribution < 1.29 is 32.5 Å². The topological polar surface area (TPSA) is 86.6 Å². The van der Waals surface area contributed by atoms with Gasteiger partial charge in [0, 0.05) is 12.7 Å². The van der Waals surface area contributed by atoms with Crippen molar-refractivity contribution in [1.82, 2.24) is 15.0 Å². The lowest BCUT2D eigenvalue weighted by molar-refractivity contribution is -0.137. The zero-order chi connectivity index (χ0) is 21.0. The lowest BCUT2D eigenvalue weighted by atomic mass is 10.0. The van der Waals surface area contributed by atoms with Crippen LogP contribution in [0.25, 0.3) is 22.8 Å². The van der Waals surface area contributed by atoms with Crippen LogP contribution in [0.3, 0.4) is 0 Å². The number of phenols is 1. The maximum Gasteiger partial charge on any atom is 0.417 e. The SMILES string of the molecule is COCOc1cccc(C(F)(F)F)c1-c1nc(OC)nc(-c2ccc(O)cc2)n1. The third kappa shape index (κ3) is 4.54.